The van der Waals surface area contributed by atoms with Crippen molar-refractivity contribution >= 4 is 5.78 Å². The van der Waals surface area contributed by atoms with Gasteiger partial charge in [0.15, 0.2) is 5.78 Å². The molecule has 88 valence electrons. The van der Waals surface area contributed by atoms with Gasteiger partial charge in [-0.3, -0.25) is 4.79 Å². The molecule has 0 aromatic heterocycles. The number of carbonyl (C=O) groups excluding carboxylic acids is 1. The van der Waals surface area contributed by atoms with E-state index >= 15 is 0 Å². The molecule has 0 unspecified atom stereocenters. The lowest BCUT2D eigenvalue weighted by atomic mass is 10.1. The summed E-state index contributed by atoms with van der Waals surface area (Å²) in [6, 6.07) is 5.72. The molecule has 0 saturated heterocycles. The number of benzene rings is 1. The number of carbonyl (C=O) groups is 1. The molecule has 0 radical (unpaired) electrons. The molecule has 0 saturated carbocycles. The lowest BCUT2D eigenvalue weighted by molar-refractivity contribution is 0.100. The summed E-state index contributed by atoms with van der Waals surface area (Å²) in [6.07, 6.45) is 2.11. The third kappa shape index (κ3) is 3.09. The molecule has 1 rings (SSSR count). The fraction of sp³-hybridized carbons (Fsp3) is 0.500. The number of hydrogen-bond acceptors (Lipinski definition) is 2. The summed E-state index contributed by atoms with van der Waals surface area (Å²) >= 11 is 0. The maximum absolute atomic E-state index is 11.5. The van der Waals surface area contributed by atoms with Gasteiger partial charge in [0.05, 0.1) is 11.7 Å². The fourth-order valence-electron chi connectivity index (χ4n) is 1.65. The standard InChI is InChI=1S/C14H20O2/c1-5-12(6-2)16-14-9-10(3)7-8-13(14)11(4)15/h7-9,12H,5-6H2,1-4H3. The van der Waals surface area contributed by atoms with Crippen LogP contribution in [0.4, 0.5) is 0 Å². The predicted molar refractivity (Wildman–Crippen MR) is 66.2 cm³/mol. The summed E-state index contributed by atoms with van der Waals surface area (Å²) < 4.78 is 5.87. The molecular weight excluding hydrogens is 200 g/mol. The largest absolute Gasteiger partial charge is 0.490 e. The van der Waals surface area contributed by atoms with Crippen molar-refractivity contribution in [3.05, 3.63) is 29.3 Å². The maximum atomic E-state index is 11.5. The number of rotatable bonds is 5. The first-order valence-electron chi connectivity index (χ1n) is 5.86. The van der Waals surface area contributed by atoms with Gasteiger partial charge >= 0.3 is 0 Å². The lowest BCUT2D eigenvalue weighted by Crippen LogP contribution is -2.15. The molecule has 0 heterocycles. The summed E-state index contributed by atoms with van der Waals surface area (Å²) in [5.74, 6) is 0.780. The Morgan fingerprint density at radius 3 is 2.44 bits per heavy atom. The van der Waals surface area contributed by atoms with E-state index in [4.69, 9.17) is 4.74 Å². The van der Waals surface area contributed by atoms with Crippen molar-refractivity contribution in [1.82, 2.24) is 0 Å². The third-order valence-electron chi connectivity index (χ3n) is 2.72. The van der Waals surface area contributed by atoms with Gasteiger partial charge < -0.3 is 4.74 Å². The second-order valence-corrected chi connectivity index (χ2v) is 4.11. The minimum atomic E-state index is 0.0564. The Bertz CT molecular complexity index is 365. The summed E-state index contributed by atoms with van der Waals surface area (Å²) in [7, 11) is 0. The first-order valence-corrected chi connectivity index (χ1v) is 5.86. The van der Waals surface area contributed by atoms with Crippen molar-refractivity contribution in [1.29, 1.82) is 0 Å². The van der Waals surface area contributed by atoms with Crippen LogP contribution in [-0.2, 0) is 0 Å². The van der Waals surface area contributed by atoms with Gasteiger partial charge in [-0.15, -0.1) is 0 Å². The van der Waals surface area contributed by atoms with Crippen LogP contribution in [0.5, 0.6) is 5.75 Å². The van der Waals surface area contributed by atoms with Crippen molar-refractivity contribution in [3.63, 3.8) is 0 Å². The summed E-state index contributed by atoms with van der Waals surface area (Å²) in [6.45, 7) is 7.77. The molecule has 2 heteroatoms. The molecule has 0 amide bonds. The van der Waals surface area contributed by atoms with Crippen LogP contribution in [0.2, 0.25) is 0 Å². The Balaban J connectivity index is 3.00. The molecule has 1 aromatic rings. The van der Waals surface area contributed by atoms with E-state index in [0.717, 1.165) is 24.2 Å². The van der Waals surface area contributed by atoms with E-state index in [1.54, 1.807) is 6.92 Å². The summed E-state index contributed by atoms with van der Waals surface area (Å²) in [4.78, 5) is 11.5. The Hall–Kier alpha value is -1.31. The van der Waals surface area contributed by atoms with Crippen LogP contribution in [0.25, 0.3) is 0 Å². The number of hydrogen-bond donors (Lipinski definition) is 0. The van der Waals surface area contributed by atoms with Crippen molar-refractivity contribution < 1.29 is 9.53 Å². The van der Waals surface area contributed by atoms with E-state index in [2.05, 4.69) is 13.8 Å². The maximum Gasteiger partial charge on any atom is 0.163 e. The van der Waals surface area contributed by atoms with Gasteiger partial charge in [0, 0.05) is 0 Å². The highest BCUT2D eigenvalue weighted by Gasteiger charge is 2.12. The highest BCUT2D eigenvalue weighted by atomic mass is 16.5. The van der Waals surface area contributed by atoms with Gasteiger partial charge in [-0.05, 0) is 44.4 Å². The quantitative estimate of drug-likeness (QED) is 0.706. The molecule has 0 spiro atoms. The Labute approximate surface area is 97.6 Å². The van der Waals surface area contributed by atoms with Gasteiger partial charge in [-0.2, -0.15) is 0 Å². The van der Waals surface area contributed by atoms with Gasteiger partial charge in [0.1, 0.15) is 5.75 Å². The number of aryl methyl sites for hydroxylation is 1. The van der Waals surface area contributed by atoms with Gasteiger partial charge in [-0.25, -0.2) is 0 Å². The molecule has 0 N–H and O–H groups in total. The average molecular weight is 220 g/mol. The Morgan fingerprint density at radius 1 is 1.31 bits per heavy atom. The minimum Gasteiger partial charge on any atom is -0.490 e. The molecule has 1 aromatic carbocycles. The van der Waals surface area contributed by atoms with E-state index in [-0.39, 0.29) is 11.9 Å². The van der Waals surface area contributed by atoms with Gasteiger partial charge in [-0.1, -0.05) is 19.9 Å². The molecule has 0 fully saturated rings. The zero-order chi connectivity index (χ0) is 12.1. The molecule has 0 atom stereocenters. The van der Waals surface area contributed by atoms with Crippen LogP contribution in [0.15, 0.2) is 18.2 Å². The van der Waals surface area contributed by atoms with Crippen LogP contribution in [0.1, 0.15) is 49.5 Å². The molecule has 0 bridgehead atoms. The van der Waals surface area contributed by atoms with Crippen molar-refractivity contribution in [2.45, 2.75) is 46.6 Å². The molecule has 0 aliphatic rings. The van der Waals surface area contributed by atoms with Gasteiger partial charge in [0.2, 0.25) is 0 Å². The van der Waals surface area contributed by atoms with Crippen molar-refractivity contribution in [2.75, 3.05) is 0 Å². The first-order chi connectivity index (χ1) is 7.58. The van der Waals surface area contributed by atoms with Gasteiger partial charge in [0.25, 0.3) is 0 Å². The predicted octanol–water partition coefficient (Wildman–Crippen LogP) is 3.77. The molecular formula is C14H20O2. The monoisotopic (exact) mass is 220 g/mol. The lowest BCUT2D eigenvalue weighted by Gasteiger charge is -2.18. The van der Waals surface area contributed by atoms with Crippen LogP contribution >= 0.6 is 0 Å². The first kappa shape index (κ1) is 12.8. The van der Waals surface area contributed by atoms with Crippen molar-refractivity contribution in [3.8, 4) is 5.75 Å². The summed E-state index contributed by atoms with van der Waals surface area (Å²) in [5.41, 5.74) is 1.79. The van der Waals surface area contributed by atoms with Crippen LogP contribution in [0.3, 0.4) is 0 Å². The van der Waals surface area contributed by atoms with E-state index in [0.29, 0.717) is 5.56 Å². The third-order valence-corrected chi connectivity index (χ3v) is 2.72. The molecule has 0 aliphatic carbocycles. The smallest absolute Gasteiger partial charge is 0.163 e. The second kappa shape index (κ2) is 5.69. The normalized spacial score (nSPS) is 10.6. The van der Waals surface area contributed by atoms with Crippen LogP contribution in [0, 0.1) is 6.92 Å². The number of ether oxygens (including phenoxy) is 1. The number of Topliss-reactive ketones (excluding diaryl/α,β-unsaturated/α-hetero) is 1. The van der Waals surface area contributed by atoms with E-state index in [1.165, 1.54) is 0 Å². The topological polar surface area (TPSA) is 26.3 Å². The average Bonchev–Trinajstić information content (AvgIpc) is 2.25. The van der Waals surface area contributed by atoms with E-state index in [9.17, 15) is 4.79 Å². The van der Waals surface area contributed by atoms with Crippen LogP contribution < -0.4 is 4.74 Å². The zero-order valence-electron chi connectivity index (χ0n) is 10.5. The fourth-order valence-corrected chi connectivity index (χ4v) is 1.65. The summed E-state index contributed by atoms with van der Waals surface area (Å²) in [5, 5.41) is 0. The van der Waals surface area contributed by atoms with E-state index < -0.39 is 0 Å². The highest BCUT2D eigenvalue weighted by Crippen LogP contribution is 2.23. The molecule has 2 nitrogen and oxygen atoms in total. The SMILES string of the molecule is CCC(CC)Oc1cc(C)ccc1C(C)=O. The molecule has 0 aliphatic heterocycles. The number of ketones is 1. The van der Waals surface area contributed by atoms with Crippen molar-refractivity contribution in [2.24, 2.45) is 0 Å². The molecule has 16 heavy (non-hydrogen) atoms. The minimum absolute atomic E-state index is 0.0564. The van der Waals surface area contributed by atoms with Crippen LogP contribution in [-0.4, -0.2) is 11.9 Å². The Kier molecular flexibility index (Phi) is 4.53. The zero-order valence-corrected chi connectivity index (χ0v) is 10.5. The van der Waals surface area contributed by atoms with E-state index in [1.807, 2.05) is 25.1 Å². The Morgan fingerprint density at radius 2 is 1.94 bits per heavy atom. The highest BCUT2D eigenvalue weighted by molar-refractivity contribution is 5.96. The second-order valence-electron chi connectivity index (χ2n) is 4.11.